The number of nitrogens with zero attached hydrogens (tertiary/aromatic N) is 5. The van der Waals surface area contributed by atoms with E-state index in [1.54, 1.807) is 18.6 Å². The Bertz CT molecular complexity index is 1270. The maximum absolute atomic E-state index is 12.4. The first-order valence-electron chi connectivity index (χ1n) is 10.7. The molecule has 172 valence electrons. The van der Waals surface area contributed by atoms with E-state index in [2.05, 4.69) is 25.7 Å². The predicted molar refractivity (Wildman–Crippen MR) is 133 cm³/mol. The summed E-state index contributed by atoms with van der Waals surface area (Å²) in [4.78, 5) is 16.6. The Labute approximate surface area is 202 Å². The van der Waals surface area contributed by atoms with Gasteiger partial charge in [0.1, 0.15) is 5.75 Å². The van der Waals surface area contributed by atoms with Crippen LogP contribution >= 0.6 is 11.8 Å². The Balaban J connectivity index is 1.51. The Morgan fingerprint density at radius 1 is 1.15 bits per heavy atom. The Morgan fingerprint density at radius 3 is 2.74 bits per heavy atom. The molecule has 0 saturated carbocycles. The lowest BCUT2D eigenvalue weighted by atomic mass is 10.2. The van der Waals surface area contributed by atoms with Gasteiger partial charge in [-0.3, -0.25) is 14.3 Å². The molecule has 0 saturated heterocycles. The van der Waals surface area contributed by atoms with Crippen LogP contribution in [0.2, 0.25) is 0 Å². The largest absolute Gasteiger partial charge is 0.494 e. The Morgan fingerprint density at radius 2 is 2.00 bits per heavy atom. The molecule has 0 atom stereocenters. The molecule has 0 aliphatic heterocycles. The van der Waals surface area contributed by atoms with Crippen molar-refractivity contribution in [3.63, 3.8) is 0 Å². The fourth-order valence-electron chi connectivity index (χ4n) is 3.23. The van der Waals surface area contributed by atoms with Crippen LogP contribution in [0.25, 0.3) is 17.1 Å². The van der Waals surface area contributed by atoms with Gasteiger partial charge in [-0.05, 0) is 55.8 Å². The molecule has 0 bridgehead atoms. The normalized spacial score (nSPS) is 11.0. The Kier molecular flexibility index (Phi) is 7.67. The van der Waals surface area contributed by atoms with Crippen LogP contribution in [0.5, 0.6) is 5.75 Å². The molecule has 4 aromatic rings. The van der Waals surface area contributed by atoms with Crippen LogP contribution < -0.4 is 10.2 Å². The number of ether oxygens (including phenoxy) is 1. The van der Waals surface area contributed by atoms with Crippen molar-refractivity contribution in [2.24, 2.45) is 5.10 Å². The second kappa shape index (κ2) is 11.2. The van der Waals surface area contributed by atoms with E-state index in [1.165, 1.54) is 11.8 Å². The number of hydrazone groups is 1. The summed E-state index contributed by atoms with van der Waals surface area (Å²) in [5.74, 6) is 1.31. The van der Waals surface area contributed by atoms with E-state index < -0.39 is 0 Å². The van der Waals surface area contributed by atoms with Crippen LogP contribution in [0.1, 0.15) is 18.1 Å². The second-order valence-corrected chi connectivity index (χ2v) is 8.25. The minimum atomic E-state index is -0.238. The number of benzene rings is 2. The summed E-state index contributed by atoms with van der Waals surface area (Å²) in [5.41, 5.74) is 6.29. The van der Waals surface area contributed by atoms with Crippen molar-refractivity contribution in [2.45, 2.75) is 19.0 Å². The minimum absolute atomic E-state index is 0.132. The van der Waals surface area contributed by atoms with E-state index in [0.29, 0.717) is 17.6 Å². The molecule has 4 rings (SSSR count). The van der Waals surface area contributed by atoms with Crippen molar-refractivity contribution in [1.82, 2.24) is 25.2 Å². The summed E-state index contributed by atoms with van der Waals surface area (Å²) in [6, 6.07) is 19.3. The molecule has 9 heteroatoms. The van der Waals surface area contributed by atoms with E-state index in [1.807, 2.05) is 79.1 Å². The van der Waals surface area contributed by atoms with Crippen molar-refractivity contribution in [3.05, 3.63) is 84.2 Å². The number of thioether (sulfide) groups is 1. The van der Waals surface area contributed by atoms with Crippen molar-refractivity contribution >= 4 is 23.9 Å². The predicted octanol–water partition coefficient (Wildman–Crippen LogP) is 4.28. The molecule has 2 heterocycles. The van der Waals surface area contributed by atoms with Gasteiger partial charge in [0.2, 0.25) is 0 Å². The summed E-state index contributed by atoms with van der Waals surface area (Å²) in [5, 5.41) is 13.3. The highest BCUT2D eigenvalue weighted by molar-refractivity contribution is 7.99. The lowest BCUT2D eigenvalue weighted by molar-refractivity contribution is -0.118. The molecule has 0 aliphatic carbocycles. The number of rotatable bonds is 9. The molecule has 0 fully saturated rings. The smallest absolute Gasteiger partial charge is 0.250 e. The highest BCUT2D eigenvalue weighted by atomic mass is 32.2. The molecule has 2 aromatic carbocycles. The number of carbonyl (C=O) groups excluding carboxylic acids is 1. The summed E-state index contributed by atoms with van der Waals surface area (Å²) < 4.78 is 7.46. The first-order chi connectivity index (χ1) is 16.6. The van der Waals surface area contributed by atoms with Crippen LogP contribution in [0.3, 0.4) is 0 Å². The van der Waals surface area contributed by atoms with Crippen LogP contribution in [0, 0.1) is 6.92 Å². The van der Waals surface area contributed by atoms with Gasteiger partial charge in [0.25, 0.3) is 5.91 Å². The summed E-state index contributed by atoms with van der Waals surface area (Å²) in [7, 11) is 0. The van der Waals surface area contributed by atoms with Gasteiger partial charge in [-0.2, -0.15) is 5.10 Å². The SMILES string of the molecule is CCOc1ccc(-n2c(SCC(=O)N/N=C/c3cccc(C)c3)nnc2-c2cccnc2)cc1. The number of nitrogens with one attached hydrogen (secondary N) is 1. The first kappa shape index (κ1) is 23.2. The summed E-state index contributed by atoms with van der Waals surface area (Å²) >= 11 is 1.28. The second-order valence-electron chi connectivity index (χ2n) is 7.31. The number of hydrogen-bond donors (Lipinski definition) is 1. The molecular weight excluding hydrogens is 448 g/mol. The molecule has 1 N–H and O–H groups in total. The number of aryl methyl sites for hydroxylation is 1. The van der Waals surface area contributed by atoms with E-state index >= 15 is 0 Å². The van der Waals surface area contributed by atoms with Gasteiger partial charge >= 0.3 is 0 Å². The van der Waals surface area contributed by atoms with Gasteiger partial charge in [0.15, 0.2) is 11.0 Å². The standard InChI is InChI=1S/C25H24N6O2S/c1-3-33-22-11-9-21(10-12-22)31-24(20-8-5-13-26-16-20)29-30-25(31)34-17-23(32)28-27-15-19-7-4-6-18(2)14-19/h4-16H,3,17H2,1-2H3,(H,28,32)/b27-15+. The molecule has 1 amide bonds. The molecule has 0 aliphatic rings. The molecule has 0 spiro atoms. The average Bonchev–Trinajstić information content (AvgIpc) is 3.28. The monoisotopic (exact) mass is 472 g/mol. The van der Waals surface area contributed by atoms with Gasteiger partial charge in [-0.1, -0.05) is 41.6 Å². The van der Waals surface area contributed by atoms with E-state index in [0.717, 1.165) is 28.1 Å². The third-order valence-corrected chi connectivity index (χ3v) is 5.67. The van der Waals surface area contributed by atoms with E-state index in [-0.39, 0.29) is 11.7 Å². The van der Waals surface area contributed by atoms with Crippen LogP contribution in [0.15, 0.2) is 83.3 Å². The maximum atomic E-state index is 12.4. The highest BCUT2D eigenvalue weighted by Crippen LogP contribution is 2.28. The zero-order chi connectivity index (χ0) is 23.8. The third kappa shape index (κ3) is 5.87. The van der Waals surface area contributed by atoms with E-state index in [4.69, 9.17) is 4.74 Å². The average molecular weight is 473 g/mol. The number of carbonyl (C=O) groups is 1. The fraction of sp³-hybridized carbons (Fsp3) is 0.160. The lowest BCUT2D eigenvalue weighted by Crippen LogP contribution is -2.20. The maximum Gasteiger partial charge on any atom is 0.250 e. The molecule has 8 nitrogen and oxygen atoms in total. The molecule has 2 aromatic heterocycles. The van der Waals surface area contributed by atoms with Gasteiger partial charge in [0, 0.05) is 23.6 Å². The molecular formula is C25H24N6O2S. The van der Waals surface area contributed by atoms with Crippen LogP contribution in [-0.4, -0.2) is 44.2 Å². The van der Waals surface area contributed by atoms with Gasteiger partial charge in [-0.25, -0.2) is 5.43 Å². The van der Waals surface area contributed by atoms with Crippen LogP contribution in [-0.2, 0) is 4.79 Å². The van der Waals surface area contributed by atoms with Crippen molar-refractivity contribution in [1.29, 1.82) is 0 Å². The van der Waals surface area contributed by atoms with Gasteiger partial charge in [0.05, 0.1) is 18.6 Å². The van der Waals surface area contributed by atoms with Gasteiger partial charge in [-0.15, -0.1) is 10.2 Å². The lowest BCUT2D eigenvalue weighted by Gasteiger charge is -2.11. The Hall–Kier alpha value is -3.98. The molecule has 0 radical (unpaired) electrons. The van der Waals surface area contributed by atoms with Gasteiger partial charge < -0.3 is 4.74 Å². The molecule has 0 unspecified atom stereocenters. The molecule has 34 heavy (non-hydrogen) atoms. The zero-order valence-electron chi connectivity index (χ0n) is 18.9. The van der Waals surface area contributed by atoms with Crippen LogP contribution in [0.4, 0.5) is 0 Å². The number of pyridine rings is 1. The number of hydrogen-bond acceptors (Lipinski definition) is 7. The fourth-order valence-corrected chi connectivity index (χ4v) is 3.97. The van der Waals surface area contributed by atoms with Crippen molar-refractivity contribution < 1.29 is 9.53 Å². The third-order valence-electron chi connectivity index (χ3n) is 4.74. The van der Waals surface area contributed by atoms with E-state index in [9.17, 15) is 4.79 Å². The highest BCUT2D eigenvalue weighted by Gasteiger charge is 2.17. The quantitative estimate of drug-likeness (QED) is 0.222. The summed E-state index contributed by atoms with van der Waals surface area (Å²) in [6.45, 7) is 4.54. The van der Waals surface area contributed by atoms with Crippen molar-refractivity contribution in [3.8, 4) is 22.8 Å². The number of amides is 1. The first-order valence-corrected chi connectivity index (χ1v) is 11.7. The topological polar surface area (TPSA) is 94.3 Å². The van der Waals surface area contributed by atoms with Crippen molar-refractivity contribution in [2.75, 3.05) is 12.4 Å². The number of aromatic nitrogens is 4. The zero-order valence-corrected chi connectivity index (χ0v) is 19.7. The summed E-state index contributed by atoms with van der Waals surface area (Å²) in [6.07, 6.45) is 5.06. The minimum Gasteiger partial charge on any atom is -0.494 e.